The molecule has 148 valence electrons. The predicted octanol–water partition coefficient (Wildman–Crippen LogP) is 0.789. The van der Waals surface area contributed by atoms with Crippen LogP contribution in [-0.2, 0) is 0 Å². The van der Waals surface area contributed by atoms with Gasteiger partial charge in [-0.25, -0.2) is 14.8 Å². The minimum absolute atomic E-state index is 0.239. The number of nitrogens with one attached hydrogen (secondary N) is 2. The highest BCUT2D eigenvalue weighted by molar-refractivity contribution is 5.94. The maximum absolute atomic E-state index is 12.3. The number of benzene rings is 1. The number of hydrazone groups is 1. The third-order valence-corrected chi connectivity index (χ3v) is 3.83. The van der Waals surface area contributed by atoms with Crippen LogP contribution in [0.15, 0.2) is 63.5 Å². The van der Waals surface area contributed by atoms with E-state index in [1.165, 1.54) is 24.5 Å². The average molecular weight is 395 g/mol. The van der Waals surface area contributed by atoms with E-state index >= 15 is 0 Å². The molecule has 10 heteroatoms. The van der Waals surface area contributed by atoms with Crippen LogP contribution in [0.3, 0.4) is 0 Å². The lowest BCUT2D eigenvalue weighted by Crippen LogP contribution is -2.32. The molecule has 3 N–H and O–H groups in total. The highest BCUT2D eigenvalue weighted by Crippen LogP contribution is 2.25. The van der Waals surface area contributed by atoms with E-state index in [4.69, 9.17) is 4.74 Å². The van der Waals surface area contributed by atoms with Crippen LogP contribution in [0.1, 0.15) is 22.8 Å². The molecule has 3 aromatic rings. The Morgan fingerprint density at radius 3 is 2.72 bits per heavy atom. The number of nitrogens with zero attached hydrogens (tertiary/aromatic N) is 3. The Balaban J connectivity index is 1.97. The lowest BCUT2D eigenvalue weighted by molar-refractivity contribution is 0.0955. The van der Waals surface area contributed by atoms with Gasteiger partial charge in [0.05, 0.1) is 18.5 Å². The first kappa shape index (κ1) is 19.5. The first-order chi connectivity index (χ1) is 14.0. The van der Waals surface area contributed by atoms with Gasteiger partial charge in [0.25, 0.3) is 11.5 Å². The second-order valence-corrected chi connectivity index (χ2v) is 5.67. The summed E-state index contributed by atoms with van der Waals surface area (Å²) in [4.78, 5) is 42.3. The van der Waals surface area contributed by atoms with Gasteiger partial charge in [0.2, 0.25) is 5.88 Å². The Kier molecular flexibility index (Phi) is 5.83. The summed E-state index contributed by atoms with van der Waals surface area (Å²) in [7, 11) is 0. The first-order valence-corrected chi connectivity index (χ1v) is 8.56. The van der Waals surface area contributed by atoms with E-state index < -0.39 is 23.0 Å². The van der Waals surface area contributed by atoms with Crippen molar-refractivity contribution in [1.29, 1.82) is 0 Å². The van der Waals surface area contributed by atoms with Gasteiger partial charge in [0.15, 0.2) is 0 Å². The van der Waals surface area contributed by atoms with Gasteiger partial charge < -0.3 is 9.84 Å². The monoisotopic (exact) mass is 395 g/mol. The largest absolute Gasteiger partial charge is 0.493 e. The fourth-order valence-corrected chi connectivity index (χ4v) is 2.52. The van der Waals surface area contributed by atoms with Gasteiger partial charge in [-0.2, -0.15) is 5.10 Å². The number of ether oxygens (including phenoxy) is 1. The number of rotatable bonds is 6. The van der Waals surface area contributed by atoms with Crippen molar-refractivity contribution in [2.45, 2.75) is 6.92 Å². The van der Waals surface area contributed by atoms with Gasteiger partial charge in [-0.15, -0.1) is 0 Å². The van der Waals surface area contributed by atoms with Gasteiger partial charge in [-0.05, 0) is 31.2 Å². The minimum Gasteiger partial charge on any atom is -0.493 e. The maximum Gasteiger partial charge on any atom is 0.335 e. The molecule has 0 bridgehead atoms. The van der Waals surface area contributed by atoms with Crippen LogP contribution in [0.25, 0.3) is 5.69 Å². The molecule has 0 saturated heterocycles. The van der Waals surface area contributed by atoms with Crippen molar-refractivity contribution < 1.29 is 14.6 Å². The number of para-hydroxylation sites is 2. The molecule has 10 nitrogen and oxygen atoms in total. The van der Waals surface area contributed by atoms with Crippen molar-refractivity contribution in [3.63, 3.8) is 0 Å². The number of H-pyrrole nitrogens is 1. The molecule has 0 atom stereocenters. The summed E-state index contributed by atoms with van der Waals surface area (Å²) < 4.78 is 6.36. The quantitative estimate of drug-likeness (QED) is 0.417. The number of carbonyl (C=O) groups excluding carboxylic acids is 1. The number of aromatic nitrogens is 3. The molecule has 0 aliphatic heterocycles. The van der Waals surface area contributed by atoms with E-state index in [0.717, 1.165) is 10.8 Å². The molecule has 29 heavy (non-hydrogen) atoms. The Bertz CT molecular complexity index is 1170. The van der Waals surface area contributed by atoms with E-state index in [9.17, 15) is 19.5 Å². The van der Waals surface area contributed by atoms with Gasteiger partial charge in [-0.1, -0.05) is 12.1 Å². The zero-order valence-electron chi connectivity index (χ0n) is 15.3. The number of aromatic amines is 1. The smallest absolute Gasteiger partial charge is 0.335 e. The lowest BCUT2D eigenvalue weighted by atomic mass is 10.2. The molecule has 3 rings (SSSR count). The molecular weight excluding hydrogens is 378 g/mol. The fraction of sp³-hybridized carbons (Fsp3) is 0.105. The third-order valence-electron chi connectivity index (χ3n) is 3.83. The van der Waals surface area contributed by atoms with Crippen LogP contribution in [0.4, 0.5) is 0 Å². The zero-order valence-corrected chi connectivity index (χ0v) is 15.3. The Hall–Kier alpha value is -4.21. The minimum atomic E-state index is -0.862. The molecule has 0 spiro atoms. The topological polar surface area (TPSA) is 139 Å². The van der Waals surface area contributed by atoms with Gasteiger partial charge in [-0.3, -0.25) is 19.6 Å². The average Bonchev–Trinajstić information content (AvgIpc) is 2.72. The summed E-state index contributed by atoms with van der Waals surface area (Å²) in [5.41, 5.74) is 0.760. The summed E-state index contributed by atoms with van der Waals surface area (Å²) >= 11 is 0. The number of hydrogen-bond donors (Lipinski definition) is 3. The molecular formula is C19H17N5O5. The molecule has 2 aromatic heterocycles. The highest BCUT2D eigenvalue weighted by Gasteiger charge is 2.17. The summed E-state index contributed by atoms with van der Waals surface area (Å²) in [5, 5.41) is 14.2. The third kappa shape index (κ3) is 4.21. The van der Waals surface area contributed by atoms with Crippen molar-refractivity contribution in [2.24, 2.45) is 5.10 Å². The van der Waals surface area contributed by atoms with E-state index in [0.29, 0.717) is 17.9 Å². The maximum atomic E-state index is 12.3. The Morgan fingerprint density at radius 2 is 2.00 bits per heavy atom. The number of aromatic hydroxyl groups is 1. The highest BCUT2D eigenvalue weighted by atomic mass is 16.5. The number of pyridine rings is 1. The normalized spacial score (nSPS) is 10.8. The fourth-order valence-electron chi connectivity index (χ4n) is 2.52. The summed E-state index contributed by atoms with van der Waals surface area (Å²) in [5.74, 6) is -0.837. The Labute approximate surface area is 164 Å². The zero-order chi connectivity index (χ0) is 20.8. The van der Waals surface area contributed by atoms with Crippen LogP contribution < -0.4 is 21.4 Å². The van der Waals surface area contributed by atoms with Crippen molar-refractivity contribution in [2.75, 3.05) is 6.61 Å². The molecule has 0 aliphatic rings. The molecule has 1 amide bonds. The van der Waals surface area contributed by atoms with Crippen LogP contribution >= 0.6 is 0 Å². The van der Waals surface area contributed by atoms with Gasteiger partial charge in [0.1, 0.15) is 11.3 Å². The molecule has 2 heterocycles. The molecule has 0 unspecified atom stereocenters. The van der Waals surface area contributed by atoms with Crippen molar-refractivity contribution in [3.8, 4) is 17.3 Å². The van der Waals surface area contributed by atoms with E-state index in [-0.39, 0.29) is 11.3 Å². The first-order valence-electron chi connectivity index (χ1n) is 8.56. The number of amides is 1. The molecule has 0 aliphatic carbocycles. The van der Waals surface area contributed by atoms with Crippen molar-refractivity contribution >= 4 is 12.1 Å². The summed E-state index contributed by atoms with van der Waals surface area (Å²) in [6.45, 7) is 2.11. The van der Waals surface area contributed by atoms with Crippen LogP contribution in [-0.4, -0.2) is 38.4 Å². The summed E-state index contributed by atoms with van der Waals surface area (Å²) in [6.07, 6.45) is 3.84. The second kappa shape index (κ2) is 8.65. The van der Waals surface area contributed by atoms with Gasteiger partial charge in [0, 0.05) is 18.0 Å². The van der Waals surface area contributed by atoms with Crippen LogP contribution in [0.2, 0.25) is 0 Å². The molecule has 1 aromatic carbocycles. The van der Waals surface area contributed by atoms with E-state index in [1.807, 2.05) is 0 Å². The van der Waals surface area contributed by atoms with Gasteiger partial charge >= 0.3 is 5.69 Å². The second-order valence-electron chi connectivity index (χ2n) is 5.67. The van der Waals surface area contributed by atoms with Crippen molar-refractivity contribution in [1.82, 2.24) is 20.0 Å². The van der Waals surface area contributed by atoms with E-state index in [1.54, 1.807) is 31.2 Å². The van der Waals surface area contributed by atoms with Crippen LogP contribution in [0, 0.1) is 0 Å². The number of hydrogen-bond acceptors (Lipinski definition) is 7. The predicted molar refractivity (Wildman–Crippen MR) is 105 cm³/mol. The standard InChI is InChI=1S/C19H17N5O5/c1-2-29-15-6-4-3-5-14(15)24-18(27)13(17(26)22-19(24)28)11-21-23-16(25)12-7-9-20-10-8-12/h3-11,27H,2H2,1H3,(H,23,25)(H,22,26,28)/b21-11+. The molecule has 0 saturated carbocycles. The molecule has 0 fully saturated rings. The number of carbonyl (C=O) groups is 1. The summed E-state index contributed by atoms with van der Waals surface area (Å²) in [6, 6.07) is 9.51. The van der Waals surface area contributed by atoms with E-state index in [2.05, 4.69) is 20.5 Å². The van der Waals surface area contributed by atoms with Crippen molar-refractivity contribution in [3.05, 3.63) is 80.8 Å². The van der Waals surface area contributed by atoms with Crippen LogP contribution in [0.5, 0.6) is 11.6 Å². The SMILES string of the molecule is CCOc1ccccc1-n1c(O)c(/C=N/NC(=O)c2ccncc2)c(=O)[nH]c1=O. The lowest BCUT2D eigenvalue weighted by Gasteiger charge is -2.13. The molecule has 0 radical (unpaired) electrons. The Morgan fingerprint density at radius 1 is 1.28 bits per heavy atom.